The van der Waals surface area contributed by atoms with Gasteiger partial charge in [0.15, 0.2) is 15.0 Å². The van der Waals surface area contributed by atoms with E-state index < -0.39 is 26.7 Å². The van der Waals surface area contributed by atoms with E-state index >= 15 is 0 Å². The highest BCUT2D eigenvalue weighted by atomic mass is 32.2. The number of methoxy groups -OCH3 is 1. The number of amides is 1. The molecule has 11 nitrogen and oxygen atoms in total. The molecule has 0 bridgehead atoms. The number of nitrogens with two attached hydrogens (primary N) is 1. The van der Waals surface area contributed by atoms with E-state index in [9.17, 15) is 22.8 Å². The molecule has 224 valence electrons. The largest absolute Gasteiger partial charge is 0.481 e. The third-order valence-electron chi connectivity index (χ3n) is 6.60. The molecule has 1 aliphatic carbocycles. The topological polar surface area (TPSA) is 178 Å². The number of carboxylic acids is 1. The number of hydrogen-bond acceptors (Lipinski definition) is 11. The van der Waals surface area contributed by atoms with Crippen molar-refractivity contribution in [3.05, 3.63) is 52.0 Å². The van der Waals surface area contributed by atoms with E-state index in [-0.39, 0.29) is 29.6 Å². The van der Waals surface area contributed by atoms with Crippen LogP contribution in [0.2, 0.25) is 0 Å². The Balaban J connectivity index is 0.000000352. The van der Waals surface area contributed by atoms with Crippen molar-refractivity contribution in [2.24, 2.45) is 11.7 Å². The van der Waals surface area contributed by atoms with Crippen molar-refractivity contribution >= 4 is 55.9 Å². The molecule has 2 aromatic rings. The Morgan fingerprint density at radius 1 is 1.22 bits per heavy atom. The monoisotopic (exact) mass is 624 g/mol. The lowest BCUT2D eigenvalue weighted by Gasteiger charge is -2.20. The van der Waals surface area contributed by atoms with Crippen LogP contribution in [0.3, 0.4) is 0 Å². The number of thioether (sulfide) groups is 1. The number of rotatable bonds is 10. The molecule has 14 heteroatoms. The Bertz CT molecular complexity index is 1370. The van der Waals surface area contributed by atoms with Crippen molar-refractivity contribution in [3.8, 4) is 0 Å². The average Bonchev–Trinajstić information content (AvgIpc) is 3.64. The van der Waals surface area contributed by atoms with E-state index in [1.165, 1.54) is 49.3 Å². The van der Waals surface area contributed by atoms with Gasteiger partial charge in [0.05, 0.1) is 36.5 Å². The van der Waals surface area contributed by atoms with Crippen molar-refractivity contribution in [2.75, 3.05) is 18.7 Å². The molecule has 2 aliphatic rings. The number of aliphatic carboxylic acids is 1. The van der Waals surface area contributed by atoms with Crippen molar-refractivity contribution in [2.45, 2.75) is 67.7 Å². The molecule has 0 spiro atoms. The maximum atomic E-state index is 13.1. The zero-order valence-corrected chi connectivity index (χ0v) is 25.7. The van der Waals surface area contributed by atoms with Crippen LogP contribution in [0.15, 0.2) is 45.6 Å². The van der Waals surface area contributed by atoms with Gasteiger partial charge in [-0.15, -0.1) is 11.3 Å². The molecule has 1 saturated carbocycles. The summed E-state index contributed by atoms with van der Waals surface area (Å²) in [5.41, 5.74) is 7.66. The molecule has 0 saturated heterocycles. The minimum absolute atomic E-state index is 0.0137. The summed E-state index contributed by atoms with van der Waals surface area (Å²) in [5.74, 6) is -1.32. The molecule has 5 N–H and O–H groups in total. The summed E-state index contributed by atoms with van der Waals surface area (Å²) in [6, 6.07) is 6.55. The summed E-state index contributed by atoms with van der Waals surface area (Å²) in [7, 11) is -1.97. The summed E-state index contributed by atoms with van der Waals surface area (Å²) in [6.45, 7) is 1.79. The summed E-state index contributed by atoms with van der Waals surface area (Å²) in [5, 5.41) is 18.1. The molecule has 0 radical (unpaired) electrons. The lowest BCUT2D eigenvalue weighted by molar-refractivity contribution is -0.140. The van der Waals surface area contributed by atoms with E-state index in [1.807, 2.05) is 0 Å². The third-order valence-corrected chi connectivity index (χ3v) is 9.53. The lowest BCUT2D eigenvalue weighted by atomic mass is 9.87. The number of carbonyl (C=O) groups is 3. The number of thiazole rings is 1. The van der Waals surface area contributed by atoms with Gasteiger partial charge in [0.1, 0.15) is 4.99 Å². The number of carboxylic acid groups (broad SMARTS) is 1. The Morgan fingerprint density at radius 2 is 1.88 bits per heavy atom. The van der Waals surface area contributed by atoms with Crippen LogP contribution in [0.25, 0.3) is 0 Å². The number of sulfone groups is 1. The Kier molecular flexibility index (Phi) is 11.4. The second kappa shape index (κ2) is 14.3. The first-order chi connectivity index (χ1) is 19.3. The Hall–Kier alpha value is -2.94. The standard InChI is InChI=1S/C21H26N2O5S2.C6H10N2O2S/c1-28-19(24)12-16-13-29-21(22-16)23-20(25)18(11-14-5-3-4-6-14)15-7-9-17(10-8-15)30(2,26)27;1-6(7)8-4(3-11-6)2-5(9)10/h7-10,13-14,18H,3-6,11-12H2,1-2H3,(H,22,23,25);3,8H,2,7H2,1H3,(H,9,10). The van der Waals surface area contributed by atoms with Gasteiger partial charge >= 0.3 is 11.9 Å². The number of ether oxygens (including phenoxy) is 1. The first-order valence-electron chi connectivity index (χ1n) is 13.0. The number of aromatic nitrogens is 1. The maximum absolute atomic E-state index is 13.1. The van der Waals surface area contributed by atoms with Crippen LogP contribution >= 0.6 is 23.1 Å². The van der Waals surface area contributed by atoms with Crippen molar-refractivity contribution < 1.29 is 32.6 Å². The molecule has 41 heavy (non-hydrogen) atoms. The number of hydrogen-bond donors (Lipinski definition) is 4. The minimum Gasteiger partial charge on any atom is -0.481 e. The Labute approximate surface area is 248 Å². The summed E-state index contributed by atoms with van der Waals surface area (Å²) < 4.78 is 28.1. The van der Waals surface area contributed by atoms with Crippen molar-refractivity contribution in [1.82, 2.24) is 10.3 Å². The van der Waals surface area contributed by atoms with E-state index in [1.54, 1.807) is 42.0 Å². The number of nitrogens with zero attached hydrogens (tertiary/aromatic N) is 1. The summed E-state index contributed by atoms with van der Waals surface area (Å²) in [4.78, 5) is 38.8. The maximum Gasteiger partial charge on any atom is 0.311 e. The first kappa shape index (κ1) is 32.6. The molecular weight excluding hydrogens is 589 g/mol. The van der Waals surface area contributed by atoms with E-state index in [4.69, 9.17) is 10.8 Å². The van der Waals surface area contributed by atoms with Gasteiger partial charge < -0.3 is 26.2 Å². The van der Waals surface area contributed by atoms with Gasteiger partial charge in [-0.25, -0.2) is 13.4 Å². The smallest absolute Gasteiger partial charge is 0.311 e. The highest BCUT2D eigenvalue weighted by molar-refractivity contribution is 8.03. The predicted molar refractivity (Wildman–Crippen MR) is 159 cm³/mol. The highest BCUT2D eigenvalue weighted by Gasteiger charge is 2.28. The predicted octanol–water partition coefficient (Wildman–Crippen LogP) is 3.84. The molecule has 1 aromatic heterocycles. The van der Waals surface area contributed by atoms with Gasteiger partial charge in [-0.1, -0.05) is 49.6 Å². The van der Waals surface area contributed by atoms with Gasteiger partial charge in [-0.3, -0.25) is 14.4 Å². The third kappa shape index (κ3) is 10.4. The van der Waals surface area contributed by atoms with Crippen LogP contribution in [-0.4, -0.2) is 54.7 Å². The number of benzene rings is 1. The lowest BCUT2D eigenvalue weighted by Crippen LogP contribution is -2.43. The SMILES string of the molecule is CC1(N)NC(CC(=O)O)=CS1.COC(=O)Cc1csc(NC(=O)C(CC2CCCC2)c2ccc(S(C)(=O)=O)cc2)n1. The molecule has 1 fully saturated rings. The molecule has 4 rings (SSSR count). The second-order valence-corrected chi connectivity index (χ2v) is 14.4. The fraction of sp³-hybridized carbons (Fsp3) is 0.481. The van der Waals surface area contributed by atoms with E-state index in [0.29, 0.717) is 28.9 Å². The fourth-order valence-electron chi connectivity index (χ4n) is 4.60. The Morgan fingerprint density at radius 3 is 2.41 bits per heavy atom. The number of esters is 1. The van der Waals surface area contributed by atoms with Gasteiger partial charge in [0.2, 0.25) is 5.91 Å². The van der Waals surface area contributed by atoms with Crippen LogP contribution in [0.5, 0.6) is 0 Å². The summed E-state index contributed by atoms with van der Waals surface area (Å²) >= 11 is 2.65. The molecule has 1 aromatic carbocycles. The van der Waals surface area contributed by atoms with Gasteiger partial charge in [-0.2, -0.15) is 0 Å². The zero-order valence-electron chi connectivity index (χ0n) is 23.2. The van der Waals surface area contributed by atoms with Gasteiger partial charge in [0.25, 0.3) is 0 Å². The van der Waals surface area contributed by atoms with Crippen LogP contribution in [0.1, 0.15) is 62.6 Å². The van der Waals surface area contributed by atoms with Gasteiger partial charge in [0, 0.05) is 17.3 Å². The normalized spacial score (nSPS) is 19.4. The molecule has 1 aliphatic heterocycles. The molecule has 2 heterocycles. The zero-order chi connectivity index (χ0) is 30.2. The number of carbonyl (C=O) groups excluding carboxylic acids is 2. The average molecular weight is 625 g/mol. The van der Waals surface area contributed by atoms with E-state index in [2.05, 4.69) is 20.4 Å². The van der Waals surface area contributed by atoms with E-state index in [0.717, 1.165) is 18.4 Å². The molecule has 1 amide bonds. The molecule has 2 atom stereocenters. The van der Waals surface area contributed by atoms with Gasteiger partial charge in [-0.05, 0) is 42.4 Å². The van der Waals surface area contributed by atoms with Crippen LogP contribution in [0.4, 0.5) is 5.13 Å². The number of anilines is 1. The highest BCUT2D eigenvalue weighted by Crippen LogP contribution is 2.35. The van der Waals surface area contributed by atoms with Crippen molar-refractivity contribution in [1.29, 1.82) is 0 Å². The fourth-order valence-corrected chi connectivity index (χ4v) is 6.66. The number of nitrogens with one attached hydrogen (secondary N) is 2. The summed E-state index contributed by atoms with van der Waals surface area (Å²) in [6.07, 6.45) is 6.51. The molecule has 2 unspecified atom stereocenters. The quantitative estimate of drug-likeness (QED) is 0.282. The minimum atomic E-state index is -3.29. The second-order valence-electron chi connectivity index (χ2n) is 10.2. The van der Waals surface area contributed by atoms with Crippen LogP contribution in [0, 0.1) is 5.92 Å². The van der Waals surface area contributed by atoms with Crippen molar-refractivity contribution in [3.63, 3.8) is 0 Å². The van der Waals surface area contributed by atoms with Crippen LogP contribution < -0.4 is 16.4 Å². The van der Waals surface area contributed by atoms with Crippen LogP contribution in [-0.2, 0) is 35.4 Å². The molecular formula is C27H36N4O7S3. The first-order valence-corrected chi connectivity index (χ1v) is 16.7.